The zero-order valence-electron chi connectivity index (χ0n) is 21.5. The minimum atomic E-state index is -0.571. The number of aliphatic hydroxyl groups excluding tert-OH is 1. The van der Waals surface area contributed by atoms with E-state index in [1.165, 1.54) is 18.4 Å². The predicted molar refractivity (Wildman–Crippen MR) is 130 cm³/mol. The smallest absolute Gasteiger partial charge is 0.137 e. The zero-order valence-corrected chi connectivity index (χ0v) is 21.5. The Morgan fingerprint density at radius 2 is 1.81 bits per heavy atom. The first-order valence-corrected chi connectivity index (χ1v) is 13.6. The van der Waals surface area contributed by atoms with E-state index in [2.05, 4.69) is 47.6 Å². The molecule has 0 saturated heterocycles. The van der Waals surface area contributed by atoms with Crippen LogP contribution in [0.4, 0.5) is 0 Å². The highest BCUT2D eigenvalue weighted by atomic mass is 16.3. The van der Waals surface area contributed by atoms with Crippen molar-refractivity contribution < 1.29 is 15.0 Å². The van der Waals surface area contributed by atoms with Crippen LogP contribution in [-0.4, -0.2) is 27.7 Å². The monoisotopic (exact) mass is 444 g/mol. The van der Waals surface area contributed by atoms with Gasteiger partial charge >= 0.3 is 0 Å². The highest BCUT2D eigenvalue weighted by molar-refractivity contribution is 5.85. The van der Waals surface area contributed by atoms with E-state index < -0.39 is 5.60 Å². The van der Waals surface area contributed by atoms with Gasteiger partial charge in [0.15, 0.2) is 0 Å². The third-order valence-corrected chi connectivity index (χ3v) is 11.0. The van der Waals surface area contributed by atoms with E-state index in [1.807, 2.05) is 0 Å². The van der Waals surface area contributed by atoms with E-state index in [-0.39, 0.29) is 22.9 Å². The lowest BCUT2D eigenvalue weighted by Gasteiger charge is -2.58. The maximum absolute atomic E-state index is 13.9. The average molecular weight is 445 g/mol. The van der Waals surface area contributed by atoms with Crippen LogP contribution in [0.2, 0.25) is 0 Å². The number of allylic oxidation sites excluding steroid dienone is 1. The number of hydrogen-bond acceptors (Lipinski definition) is 3. The molecule has 0 amide bonds. The van der Waals surface area contributed by atoms with Crippen LogP contribution in [0.3, 0.4) is 0 Å². The summed E-state index contributed by atoms with van der Waals surface area (Å²) in [6, 6.07) is 0. The highest BCUT2D eigenvalue weighted by Gasteiger charge is 2.62. The van der Waals surface area contributed by atoms with Crippen LogP contribution in [0.1, 0.15) is 106 Å². The van der Waals surface area contributed by atoms with E-state index >= 15 is 0 Å². The molecule has 0 aromatic carbocycles. The van der Waals surface area contributed by atoms with Gasteiger partial charge in [0.1, 0.15) is 5.78 Å². The number of carbonyl (C=O) groups excluding carboxylic acids is 1. The number of ketones is 1. The second kappa shape index (κ2) is 8.52. The minimum Gasteiger partial charge on any atom is -0.393 e. The third-order valence-electron chi connectivity index (χ3n) is 11.0. The van der Waals surface area contributed by atoms with Crippen LogP contribution in [0.15, 0.2) is 11.6 Å². The molecule has 3 heteroatoms. The molecular formula is C29H48O3. The molecule has 3 saturated carbocycles. The van der Waals surface area contributed by atoms with E-state index in [0.717, 1.165) is 51.4 Å². The summed E-state index contributed by atoms with van der Waals surface area (Å²) in [5.74, 6) is 3.23. The van der Waals surface area contributed by atoms with E-state index in [9.17, 15) is 15.0 Å². The molecule has 0 unspecified atom stereocenters. The summed E-state index contributed by atoms with van der Waals surface area (Å²) in [6.07, 6.45) is 11.8. The first-order valence-electron chi connectivity index (χ1n) is 13.6. The lowest BCUT2D eigenvalue weighted by atomic mass is 9.45. The van der Waals surface area contributed by atoms with Gasteiger partial charge in [-0.15, -0.1) is 0 Å². The predicted octanol–water partition coefficient (Wildman–Crippen LogP) is 6.32. The summed E-state index contributed by atoms with van der Waals surface area (Å²) in [5.41, 5.74) is 0.866. The fraction of sp³-hybridized carbons (Fsp3) is 0.897. The average Bonchev–Trinajstić information content (AvgIpc) is 3.08. The van der Waals surface area contributed by atoms with Crippen LogP contribution in [-0.2, 0) is 4.79 Å². The normalized spacial score (nSPS) is 45.7. The van der Waals surface area contributed by atoms with Crippen LogP contribution < -0.4 is 0 Å². The van der Waals surface area contributed by atoms with Gasteiger partial charge in [-0.1, -0.05) is 53.2 Å². The molecule has 0 radical (unpaired) electrons. The van der Waals surface area contributed by atoms with E-state index in [0.29, 0.717) is 35.4 Å². The first kappa shape index (κ1) is 24.5. The molecular weight excluding hydrogens is 396 g/mol. The van der Waals surface area contributed by atoms with Gasteiger partial charge in [0.05, 0.1) is 11.7 Å². The molecule has 0 aromatic rings. The van der Waals surface area contributed by atoms with Crippen LogP contribution in [0.25, 0.3) is 0 Å². The Kier molecular flexibility index (Phi) is 6.51. The Bertz CT molecular complexity index is 756. The number of hydrogen-bond donors (Lipinski definition) is 2. The lowest BCUT2D eigenvalue weighted by Crippen LogP contribution is -2.56. The Hall–Kier alpha value is -0.670. The molecule has 9 atom stereocenters. The molecule has 0 spiro atoms. The summed E-state index contributed by atoms with van der Waals surface area (Å²) in [7, 11) is 0. The molecule has 0 aliphatic heterocycles. The van der Waals surface area contributed by atoms with Crippen LogP contribution in [0, 0.1) is 46.3 Å². The summed E-state index contributed by atoms with van der Waals surface area (Å²) in [6.45, 7) is 13.4. The van der Waals surface area contributed by atoms with Gasteiger partial charge in [-0.2, -0.15) is 0 Å². The lowest BCUT2D eigenvalue weighted by molar-refractivity contribution is -0.147. The summed E-state index contributed by atoms with van der Waals surface area (Å²) in [4.78, 5) is 13.9. The zero-order chi connectivity index (χ0) is 23.5. The van der Waals surface area contributed by atoms with Crippen molar-refractivity contribution in [2.75, 3.05) is 0 Å². The van der Waals surface area contributed by atoms with Crippen LogP contribution >= 0.6 is 0 Å². The Labute approximate surface area is 196 Å². The molecule has 3 nitrogen and oxygen atoms in total. The van der Waals surface area contributed by atoms with Crippen molar-refractivity contribution >= 4 is 5.78 Å². The minimum absolute atomic E-state index is 0.0478. The molecule has 0 bridgehead atoms. The third kappa shape index (κ3) is 3.84. The number of fused-ring (bicyclic) bond motifs is 5. The Balaban J connectivity index is 1.55. The molecule has 4 aliphatic carbocycles. The molecule has 2 N–H and O–H groups in total. The largest absolute Gasteiger partial charge is 0.393 e. The summed E-state index contributed by atoms with van der Waals surface area (Å²) >= 11 is 0. The maximum Gasteiger partial charge on any atom is 0.137 e. The van der Waals surface area contributed by atoms with Gasteiger partial charge in [-0.3, -0.25) is 4.79 Å². The van der Waals surface area contributed by atoms with Gasteiger partial charge in [-0.25, -0.2) is 0 Å². The molecule has 182 valence electrons. The highest BCUT2D eigenvalue weighted by Crippen LogP contribution is 2.66. The molecule has 4 rings (SSSR count). The van der Waals surface area contributed by atoms with Crippen molar-refractivity contribution in [1.29, 1.82) is 0 Å². The van der Waals surface area contributed by atoms with Gasteiger partial charge in [-0.05, 0) is 98.2 Å². The maximum atomic E-state index is 13.9. The van der Waals surface area contributed by atoms with Gasteiger partial charge < -0.3 is 10.2 Å². The van der Waals surface area contributed by atoms with Gasteiger partial charge in [0, 0.05) is 12.3 Å². The molecule has 32 heavy (non-hydrogen) atoms. The molecule has 4 aliphatic rings. The second-order valence-electron chi connectivity index (χ2n) is 13.1. The van der Waals surface area contributed by atoms with Gasteiger partial charge in [0.2, 0.25) is 0 Å². The van der Waals surface area contributed by atoms with Crippen molar-refractivity contribution in [3.63, 3.8) is 0 Å². The molecule has 0 heterocycles. The van der Waals surface area contributed by atoms with Crippen LogP contribution in [0.5, 0.6) is 0 Å². The second-order valence-corrected chi connectivity index (χ2v) is 13.1. The summed E-state index contributed by atoms with van der Waals surface area (Å²) in [5, 5.41) is 21.3. The number of Topliss-reactive ketones (excluding diaryl/α,β-unsaturated/α-hetero) is 1. The fourth-order valence-corrected chi connectivity index (χ4v) is 8.78. The Morgan fingerprint density at radius 3 is 2.47 bits per heavy atom. The van der Waals surface area contributed by atoms with Crippen molar-refractivity contribution in [2.45, 2.75) is 117 Å². The first-order chi connectivity index (χ1) is 14.9. The van der Waals surface area contributed by atoms with Crippen molar-refractivity contribution in [3.8, 4) is 0 Å². The quantitative estimate of drug-likeness (QED) is 0.471. The SMILES string of the molecule is CC[C@]1(O)CC[C@@]2(C)C(=CC[C@H]3[C@@H]4CC[C@H]([C@H](C)CC[C@H](O)C(C)C)[C@@]4(C)CC(=O)[C@@H]32)C1. The summed E-state index contributed by atoms with van der Waals surface area (Å²) < 4.78 is 0. The standard InChI is InChI=1S/C29H48O3/c1-7-29(32)15-14-27(5)20(16-29)9-10-21-23-12-11-22(19(4)8-13-24(30)18(2)3)28(23,6)17-25(31)26(21)27/h9,18-19,21-24,26,30,32H,7-8,10-17H2,1-6H3/t19-,21+,22-,23+,24+,26-,27+,28-,29+/m1/s1. The van der Waals surface area contributed by atoms with E-state index in [1.54, 1.807) is 0 Å². The van der Waals surface area contributed by atoms with Crippen molar-refractivity contribution in [1.82, 2.24) is 0 Å². The van der Waals surface area contributed by atoms with E-state index in [4.69, 9.17) is 0 Å². The van der Waals surface area contributed by atoms with Crippen molar-refractivity contribution in [2.24, 2.45) is 46.3 Å². The van der Waals surface area contributed by atoms with Crippen molar-refractivity contribution in [3.05, 3.63) is 11.6 Å². The molecule has 0 aromatic heterocycles. The van der Waals surface area contributed by atoms with Gasteiger partial charge in [0.25, 0.3) is 0 Å². The number of carbonyl (C=O) groups is 1. The number of aliphatic hydroxyl groups is 2. The Morgan fingerprint density at radius 1 is 1.09 bits per heavy atom. The molecule has 3 fully saturated rings. The number of rotatable bonds is 6. The topological polar surface area (TPSA) is 57.5 Å². The fourth-order valence-electron chi connectivity index (χ4n) is 8.78.